The van der Waals surface area contributed by atoms with Gasteiger partial charge in [-0.05, 0) is 0 Å². The van der Waals surface area contributed by atoms with Crippen LogP contribution in [0.5, 0.6) is 0 Å². The summed E-state index contributed by atoms with van der Waals surface area (Å²) >= 11 is -0.167. The van der Waals surface area contributed by atoms with Crippen molar-refractivity contribution in [1.82, 2.24) is 0 Å². The van der Waals surface area contributed by atoms with Crippen LogP contribution >= 0.6 is 12.4 Å². The van der Waals surface area contributed by atoms with E-state index >= 15 is 0 Å². The topological polar surface area (TPSA) is 43.3 Å². The Hall–Kier alpha value is 1.50. The Bertz CT molecular complexity index is 7.61. The minimum Gasteiger partial charge on any atom is -0.506 e. The van der Waals surface area contributed by atoms with Gasteiger partial charge in [-0.15, -0.1) is 17.1 Å². The zero-order valence-electron chi connectivity index (χ0n) is 1.64. The van der Waals surface area contributed by atoms with Crippen LogP contribution < -0.4 is 4.66 Å². The van der Waals surface area contributed by atoms with Crippen molar-refractivity contribution < 1.29 is 20.6 Å². The van der Waals surface area contributed by atoms with Crippen molar-refractivity contribution in [3.8, 4) is 0 Å². The number of halogens is 2. The van der Waals surface area contributed by atoms with Crippen molar-refractivity contribution in [1.29, 1.82) is 0 Å². The van der Waals surface area contributed by atoms with Gasteiger partial charge in [-0.3, -0.25) is 0 Å². The molecule has 5 heavy (non-hydrogen) atoms. The van der Waals surface area contributed by atoms with Gasteiger partial charge in [0.15, 0.2) is 0 Å². The van der Waals surface area contributed by atoms with E-state index in [-0.39, 0.29) is 53.3 Å². The molecule has 0 aromatic carbocycles. The van der Waals surface area contributed by atoms with E-state index in [4.69, 9.17) is 9.32 Å². The van der Waals surface area contributed by atoms with Gasteiger partial charge in [-0.2, -0.15) is 0 Å². The maximum absolute atomic E-state index is 8.35. The molecule has 0 saturated carbocycles. The zero-order chi connectivity index (χ0) is 2.71. The molecular formula is H3Cl2NaO2. The molecule has 1 N–H and O–H groups in total. The summed E-state index contributed by atoms with van der Waals surface area (Å²) in [6, 6.07) is 0. The molecular weight excluding hydrogens is 126 g/mol. The summed E-state index contributed by atoms with van der Waals surface area (Å²) in [6.45, 7) is 0. The third-order valence-corrected chi connectivity index (χ3v) is 0. The Labute approximate surface area is 62.3 Å². The van der Waals surface area contributed by atoms with E-state index in [1.807, 2.05) is 0 Å². The first-order chi connectivity index (χ1) is 1.41. The second-order valence-corrected chi connectivity index (χ2v) is 0.207. The summed E-state index contributed by atoms with van der Waals surface area (Å²) in [5.41, 5.74) is 0. The fourth-order valence-electron chi connectivity index (χ4n) is 0. The molecule has 0 heterocycles. The molecule has 0 aromatic heterocycles. The third kappa shape index (κ3) is 29.9. The zero-order valence-corrected chi connectivity index (χ0v) is 3.21. The van der Waals surface area contributed by atoms with E-state index in [0.717, 1.165) is 0 Å². The van der Waals surface area contributed by atoms with Gasteiger partial charge in [0.1, 0.15) is 0 Å². The maximum atomic E-state index is 8.35. The second-order valence-electron chi connectivity index (χ2n) is 0.0690. The smallest absolute Gasteiger partial charge is 0.327 e. The predicted octanol–water partition coefficient (Wildman–Crippen LogP) is -1.97. The fraction of sp³-hybridized carbons (Fsp3) is 0. The molecule has 0 rings (SSSR count). The number of rotatable bonds is 0. The van der Waals surface area contributed by atoms with Crippen molar-refractivity contribution in [3.63, 3.8) is 0 Å². The first kappa shape index (κ1) is 16.1. The van der Waals surface area contributed by atoms with E-state index in [9.17, 15) is 0 Å². The van der Waals surface area contributed by atoms with E-state index < -0.39 is 0 Å². The van der Waals surface area contributed by atoms with Crippen LogP contribution in [0.15, 0.2) is 0 Å². The van der Waals surface area contributed by atoms with Crippen LogP contribution in [-0.4, -0.2) is 34.2 Å². The molecule has 0 aliphatic heterocycles. The molecule has 0 spiro atoms. The summed E-state index contributed by atoms with van der Waals surface area (Å²) in [6.07, 6.45) is 0. The van der Waals surface area contributed by atoms with Gasteiger partial charge in [0.25, 0.3) is 0 Å². The van der Waals surface area contributed by atoms with Crippen LogP contribution in [0.3, 0.4) is 0 Å². The quantitative estimate of drug-likeness (QED) is 0.385. The van der Waals surface area contributed by atoms with Crippen LogP contribution in [0.25, 0.3) is 0 Å². The molecule has 0 fully saturated rings. The van der Waals surface area contributed by atoms with Crippen molar-refractivity contribution >= 4 is 42.0 Å². The van der Waals surface area contributed by atoms with E-state index in [1.54, 1.807) is 0 Å². The van der Waals surface area contributed by atoms with Gasteiger partial charge < -0.3 is 4.66 Å². The molecule has 0 saturated heterocycles. The standard InChI is InChI=1S/ClHO2.ClH.Na.H/c2-1-3;;;/h2H;1H;;. The Morgan fingerprint density at radius 1 is 1.60 bits per heavy atom. The van der Waals surface area contributed by atoms with Crippen LogP contribution in [-0.2, 0) is 0 Å². The normalized spacial score (nSPS) is 3.60. The van der Waals surface area contributed by atoms with Crippen LogP contribution in [0.4, 0.5) is 0 Å². The molecule has 5 heteroatoms. The molecule has 0 unspecified atom stereocenters. The summed E-state index contributed by atoms with van der Waals surface area (Å²) in [5, 5.41) is 0. The first-order valence-corrected chi connectivity index (χ1v) is 0.970. The average Bonchev–Trinajstić information content (AvgIpc) is 0.918. The monoisotopic (exact) mass is 128 g/mol. The Kier molecular flexibility index (Phi) is 57.2. The van der Waals surface area contributed by atoms with E-state index in [0.29, 0.717) is 0 Å². The molecule has 0 atom stereocenters. The van der Waals surface area contributed by atoms with Gasteiger partial charge in [0, 0.05) is 0 Å². The summed E-state index contributed by atoms with van der Waals surface area (Å²) in [7, 11) is 0. The minimum atomic E-state index is -0.167. The predicted molar refractivity (Wildman–Crippen MR) is 16.6 cm³/mol. The van der Waals surface area contributed by atoms with Crippen LogP contribution in [0, 0.1) is 11.3 Å². The number of hydrogen-bond acceptors (Lipinski definition) is 2. The average molecular weight is 129 g/mol. The molecule has 0 aliphatic rings. The summed E-state index contributed by atoms with van der Waals surface area (Å²) in [4.78, 5) is 0. The SMILES string of the molecule is Cl.[NaH].[O-][Cl+]O. The van der Waals surface area contributed by atoms with Gasteiger partial charge >= 0.3 is 40.9 Å². The van der Waals surface area contributed by atoms with Crippen molar-refractivity contribution in [2.75, 3.05) is 0 Å². The van der Waals surface area contributed by atoms with E-state index in [2.05, 4.69) is 0 Å². The number of hydrogen-bond donors (Lipinski definition) is 1. The molecule has 30 valence electrons. The van der Waals surface area contributed by atoms with Crippen LogP contribution in [0.1, 0.15) is 0 Å². The summed E-state index contributed by atoms with van der Waals surface area (Å²) in [5.74, 6) is 0. The van der Waals surface area contributed by atoms with Crippen molar-refractivity contribution in [2.24, 2.45) is 0 Å². The van der Waals surface area contributed by atoms with Crippen molar-refractivity contribution in [2.45, 2.75) is 0 Å². The van der Waals surface area contributed by atoms with Gasteiger partial charge in [0.05, 0.1) is 0 Å². The molecule has 0 aromatic rings. The molecule has 0 aliphatic carbocycles. The van der Waals surface area contributed by atoms with E-state index in [1.165, 1.54) is 0 Å². The molecule has 0 radical (unpaired) electrons. The van der Waals surface area contributed by atoms with Gasteiger partial charge in [-0.1, -0.05) is 0 Å². The molecule has 0 bridgehead atoms. The Balaban J connectivity index is -0.0000000200. The van der Waals surface area contributed by atoms with Gasteiger partial charge in [-0.25, -0.2) is 0 Å². The first-order valence-electron chi connectivity index (χ1n) is 0.323. The van der Waals surface area contributed by atoms with Gasteiger partial charge in [0.2, 0.25) is 0 Å². The largest absolute Gasteiger partial charge is 0.506 e. The minimum absolute atomic E-state index is 0. The Morgan fingerprint density at radius 2 is 1.60 bits per heavy atom. The third-order valence-electron chi connectivity index (χ3n) is 0. The molecule has 2 nitrogen and oxygen atoms in total. The molecule has 0 amide bonds. The summed E-state index contributed by atoms with van der Waals surface area (Å²) < 4.78 is 15.2. The van der Waals surface area contributed by atoms with Crippen molar-refractivity contribution in [3.05, 3.63) is 0 Å². The van der Waals surface area contributed by atoms with Crippen LogP contribution in [0.2, 0.25) is 0 Å². The Morgan fingerprint density at radius 3 is 1.60 bits per heavy atom. The second kappa shape index (κ2) is 17.8. The fourth-order valence-corrected chi connectivity index (χ4v) is 0. The maximum Gasteiger partial charge on any atom is 0.327 e.